The van der Waals surface area contributed by atoms with Gasteiger partial charge in [0.25, 0.3) is 0 Å². The van der Waals surface area contributed by atoms with Crippen LogP contribution < -0.4 is 10.2 Å². The van der Waals surface area contributed by atoms with Gasteiger partial charge in [-0.15, -0.1) is 0 Å². The fourth-order valence-electron chi connectivity index (χ4n) is 3.44. The molecule has 0 spiro atoms. The molecule has 0 heterocycles. The summed E-state index contributed by atoms with van der Waals surface area (Å²) in [7, 11) is 0. The molecule has 2 aromatic carbocycles. The molecule has 0 aromatic heterocycles. The van der Waals surface area contributed by atoms with Crippen LogP contribution in [0.4, 0.5) is 11.4 Å². The van der Waals surface area contributed by atoms with Crippen LogP contribution in [0, 0.1) is 0 Å². The first-order valence-corrected chi connectivity index (χ1v) is 11.7. The van der Waals surface area contributed by atoms with Crippen LogP contribution in [0.15, 0.2) is 54.6 Å². The number of hydrogen-bond acceptors (Lipinski definition) is 4. The smallest absolute Gasteiger partial charge is 0.174 e. The van der Waals surface area contributed by atoms with Gasteiger partial charge >= 0.3 is 0 Å². The normalized spacial score (nSPS) is 10.9. The third-order valence-corrected chi connectivity index (χ3v) is 5.48. The van der Waals surface area contributed by atoms with E-state index in [-0.39, 0.29) is 6.29 Å². The maximum absolute atomic E-state index is 5.78. The maximum atomic E-state index is 5.78. The number of nitrogens with one attached hydrogen (secondary N) is 1. The molecule has 31 heavy (non-hydrogen) atoms. The van der Waals surface area contributed by atoms with Crippen molar-refractivity contribution < 1.29 is 9.47 Å². The first kappa shape index (κ1) is 25.1. The van der Waals surface area contributed by atoms with E-state index in [9.17, 15) is 0 Å². The van der Waals surface area contributed by atoms with E-state index in [2.05, 4.69) is 77.5 Å². The Labute approximate surface area is 193 Å². The van der Waals surface area contributed by atoms with Crippen molar-refractivity contribution in [2.24, 2.45) is 0 Å². The van der Waals surface area contributed by atoms with Crippen LogP contribution in [0.3, 0.4) is 0 Å². The number of rotatable bonds is 13. The van der Waals surface area contributed by atoms with Crippen molar-refractivity contribution in [2.45, 2.75) is 40.4 Å². The highest BCUT2D eigenvalue weighted by atomic mass is 32.1. The molecule has 0 radical (unpaired) electrons. The molecule has 0 bridgehead atoms. The summed E-state index contributed by atoms with van der Waals surface area (Å²) in [6.07, 6.45) is 0.588. The quantitative estimate of drug-likeness (QED) is 0.340. The predicted octanol–water partition coefficient (Wildman–Crippen LogP) is 5.17. The predicted molar refractivity (Wildman–Crippen MR) is 135 cm³/mol. The monoisotopic (exact) mass is 443 g/mol. The van der Waals surface area contributed by atoms with Crippen LogP contribution in [-0.4, -0.2) is 55.7 Å². The fourth-order valence-corrected chi connectivity index (χ4v) is 3.72. The van der Waals surface area contributed by atoms with Crippen molar-refractivity contribution in [3.8, 4) is 0 Å². The van der Waals surface area contributed by atoms with Gasteiger partial charge in [0.15, 0.2) is 11.4 Å². The zero-order chi connectivity index (χ0) is 22.5. The molecule has 0 unspecified atom stereocenters. The third kappa shape index (κ3) is 8.48. The number of hydrogen-bond donors (Lipinski definition) is 1. The lowest BCUT2D eigenvalue weighted by atomic mass is 10.1. The largest absolute Gasteiger partial charge is 0.372 e. The second kappa shape index (κ2) is 14.0. The van der Waals surface area contributed by atoms with Crippen molar-refractivity contribution in [3.63, 3.8) is 0 Å². The minimum atomic E-state index is -0.310. The lowest BCUT2D eigenvalue weighted by molar-refractivity contribution is -0.141. The van der Waals surface area contributed by atoms with Crippen molar-refractivity contribution in [1.29, 1.82) is 0 Å². The minimum absolute atomic E-state index is 0.310. The Morgan fingerprint density at radius 1 is 0.903 bits per heavy atom. The number of anilines is 2. The SMILES string of the molecule is CCOC(CN(CCc1ccccc1)C(=S)Nc1ccc(N(CC)CC)cc1)OCC. The average molecular weight is 444 g/mol. The van der Waals surface area contributed by atoms with Gasteiger partial charge in [-0.1, -0.05) is 30.3 Å². The molecule has 0 fully saturated rings. The van der Waals surface area contributed by atoms with Crippen molar-refractivity contribution in [3.05, 3.63) is 60.2 Å². The molecule has 0 aliphatic carbocycles. The zero-order valence-electron chi connectivity index (χ0n) is 19.3. The first-order chi connectivity index (χ1) is 15.1. The highest BCUT2D eigenvalue weighted by molar-refractivity contribution is 7.80. The lowest BCUT2D eigenvalue weighted by Gasteiger charge is -2.30. The molecule has 2 rings (SSSR count). The molecule has 0 saturated heterocycles. The molecule has 1 N–H and O–H groups in total. The van der Waals surface area contributed by atoms with Gasteiger partial charge in [0, 0.05) is 44.2 Å². The van der Waals surface area contributed by atoms with Gasteiger partial charge in [-0.05, 0) is 76.2 Å². The highest BCUT2D eigenvalue weighted by Crippen LogP contribution is 2.18. The Morgan fingerprint density at radius 2 is 1.52 bits per heavy atom. The van der Waals surface area contributed by atoms with E-state index < -0.39 is 0 Å². The van der Waals surface area contributed by atoms with Crippen LogP contribution in [0.1, 0.15) is 33.3 Å². The van der Waals surface area contributed by atoms with Crippen molar-refractivity contribution in [2.75, 3.05) is 49.6 Å². The molecular formula is C25H37N3O2S. The Kier molecular flexibility index (Phi) is 11.4. The van der Waals surface area contributed by atoms with E-state index in [0.717, 1.165) is 31.7 Å². The summed E-state index contributed by atoms with van der Waals surface area (Å²) in [5, 5.41) is 4.07. The molecule has 6 heteroatoms. The summed E-state index contributed by atoms with van der Waals surface area (Å²) < 4.78 is 11.6. The van der Waals surface area contributed by atoms with E-state index in [1.54, 1.807) is 0 Å². The van der Waals surface area contributed by atoms with Gasteiger partial charge < -0.3 is 24.6 Å². The number of ether oxygens (including phenoxy) is 2. The van der Waals surface area contributed by atoms with Crippen molar-refractivity contribution >= 4 is 28.7 Å². The van der Waals surface area contributed by atoms with Gasteiger partial charge in [0.05, 0.1) is 6.54 Å². The standard InChI is InChI=1S/C25H37N3O2S/c1-5-27(6-2)23-16-14-22(15-17-23)26-25(31)28(20-24(29-7-3)30-8-4)19-18-21-12-10-9-11-13-21/h9-17,24H,5-8,18-20H2,1-4H3,(H,26,31). The Hall–Kier alpha value is -2.15. The van der Waals surface area contributed by atoms with E-state index in [1.165, 1.54) is 11.3 Å². The number of benzene rings is 2. The van der Waals surface area contributed by atoms with Gasteiger partial charge in [0.2, 0.25) is 0 Å². The van der Waals surface area contributed by atoms with Gasteiger partial charge in [-0.25, -0.2) is 0 Å². The fraction of sp³-hybridized carbons (Fsp3) is 0.480. The van der Waals surface area contributed by atoms with Crippen LogP contribution >= 0.6 is 12.2 Å². The molecule has 0 aliphatic heterocycles. The molecule has 0 aliphatic rings. The summed E-state index contributed by atoms with van der Waals surface area (Å²) in [5.74, 6) is 0. The molecule has 5 nitrogen and oxygen atoms in total. The van der Waals surface area contributed by atoms with Gasteiger partial charge in [-0.3, -0.25) is 0 Å². The van der Waals surface area contributed by atoms with E-state index in [4.69, 9.17) is 21.7 Å². The van der Waals surface area contributed by atoms with Crippen LogP contribution in [0.2, 0.25) is 0 Å². The second-order valence-corrected chi connectivity index (χ2v) is 7.56. The van der Waals surface area contributed by atoms with Crippen LogP contribution in [0.25, 0.3) is 0 Å². The summed E-state index contributed by atoms with van der Waals surface area (Å²) in [6, 6.07) is 18.9. The summed E-state index contributed by atoms with van der Waals surface area (Å²) in [5.41, 5.74) is 3.48. The molecule has 170 valence electrons. The zero-order valence-corrected chi connectivity index (χ0v) is 20.2. The Bertz CT molecular complexity index is 745. The summed E-state index contributed by atoms with van der Waals surface area (Å²) in [6.45, 7) is 12.8. The summed E-state index contributed by atoms with van der Waals surface area (Å²) >= 11 is 5.78. The maximum Gasteiger partial charge on any atom is 0.174 e. The van der Waals surface area contributed by atoms with Gasteiger partial charge in [-0.2, -0.15) is 0 Å². The van der Waals surface area contributed by atoms with Crippen molar-refractivity contribution in [1.82, 2.24) is 4.90 Å². The topological polar surface area (TPSA) is 37.0 Å². The molecular weight excluding hydrogens is 406 g/mol. The molecule has 0 atom stereocenters. The first-order valence-electron chi connectivity index (χ1n) is 11.3. The number of thiocarbonyl (C=S) groups is 1. The lowest BCUT2D eigenvalue weighted by Crippen LogP contribution is -2.43. The van der Waals surface area contributed by atoms with Gasteiger partial charge in [0.1, 0.15) is 0 Å². The average Bonchev–Trinajstić information content (AvgIpc) is 2.79. The number of nitrogens with zero attached hydrogens (tertiary/aromatic N) is 2. The van der Waals surface area contributed by atoms with E-state index >= 15 is 0 Å². The highest BCUT2D eigenvalue weighted by Gasteiger charge is 2.17. The molecule has 0 saturated carbocycles. The van der Waals surface area contributed by atoms with Crippen LogP contribution in [0.5, 0.6) is 0 Å². The summed E-state index contributed by atoms with van der Waals surface area (Å²) in [4.78, 5) is 4.46. The molecule has 2 aromatic rings. The Morgan fingerprint density at radius 3 is 2.06 bits per heavy atom. The van der Waals surface area contributed by atoms with E-state index in [1.807, 2.05) is 19.9 Å². The minimum Gasteiger partial charge on any atom is -0.372 e. The third-order valence-electron chi connectivity index (χ3n) is 5.12. The molecule has 0 amide bonds. The van der Waals surface area contributed by atoms with Crippen LogP contribution in [-0.2, 0) is 15.9 Å². The Balaban J connectivity index is 2.08. The van der Waals surface area contributed by atoms with E-state index in [0.29, 0.717) is 24.9 Å². The second-order valence-electron chi connectivity index (χ2n) is 7.17.